The second-order valence-electron chi connectivity index (χ2n) is 5.87. The Hall–Kier alpha value is -2.14. The lowest BCUT2D eigenvalue weighted by atomic mass is 10.1. The largest absolute Gasteiger partial charge is 0.325 e. The first-order valence-corrected chi connectivity index (χ1v) is 9.94. The molecule has 0 spiro atoms. The number of hydrogen-bond donors (Lipinski definition) is 1. The van der Waals surface area contributed by atoms with Crippen LogP contribution in [0.5, 0.6) is 0 Å². The van der Waals surface area contributed by atoms with Crippen LogP contribution in [0.25, 0.3) is 0 Å². The average molecular weight is 345 g/mol. The lowest BCUT2D eigenvalue weighted by Crippen LogP contribution is -2.23. The molecule has 0 radical (unpaired) electrons. The summed E-state index contributed by atoms with van der Waals surface area (Å²) >= 11 is 0. The fourth-order valence-corrected chi connectivity index (χ4v) is 3.69. The maximum absolute atomic E-state index is 12.1. The van der Waals surface area contributed by atoms with Gasteiger partial charge < -0.3 is 5.32 Å². The molecule has 0 aliphatic heterocycles. The molecule has 4 nitrogen and oxygen atoms in total. The second kappa shape index (κ2) is 8.64. The predicted molar refractivity (Wildman–Crippen MR) is 97.6 cm³/mol. The molecule has 24 heavy (non-hydrogen) atoms. The molecule has 2 rings (SSSR count). The first-order valence-electron chi connectivity index (χ1n) is 8.11. The van der Waals surface area contributed by atoms with Crippen molar-refractivity contribution in [2.45, 2.75) is 31.9 Å². The molecule has 2 aromatic carbocycles. The van der Waals surface area contributed by atoms with Gasteiger partial charge in [0, 0.05) is 5.69 Å². The van der Waals surface area contributed by atoms with E-state index in [0.717, 1.165) is 19.3 Å². The van der Waals surface area contributed by atoms with Gasteiger partial charge in [-0.15, -0.1) is 0 Å². The Morgan fingerprint density at radius 3 is 2.25 bits per heavy atom. The van der Waals surface area contributed by atoms with Crippen molar-refractivity contribution in [3.8, 4) is 0 Å². The smallest absolute Gasteiger partial charge is 0.239 e. The Kier molecular flexibility index (Phi) is 6.55. The molecule has 2 aromatic rings. The fraction of sp³-hybridized carbons (Fsp3) is 0.316. The van der Waals surface area contributed by atoms with Crippen LogP contribution in [0.15, 0.2) is 54.6 Å². The molecule has 5 heteroatoms. The number of benzene rings is 2. The van der Waals surface area contributed by atoms with E-state index in [1.54, 1.807) is 24.3 Å². The predicted octanol–water partition coefficient (Wildman–Crippen LogP) is 3.58. The molecular formula is C19H23NO3S. The van der Waals surface area contributed by atoms with Crippen molar-refractivity contribution >= 4 is 21.4 Å². The lowest BCUT2D eigenvalue weighted by molar-refractivity contribution is -0.113. The normalized spacial score (nSPS) is 11.2. The zero-order chi connectivity index (χ0) is 17.4. The van der Waals surface area contributed by atoms with Gasteiger partial charge in [-0.1, -0.05) is 55.8 Å². The van der Waals surface area contributed by atoms with Gasteiger partial charge in [-0.3, -0.25) is 4.79 Å². The summed E-state index contributed by atoms with van der Waals surface area (Å²) in [7, 11) is -3.49. The van der Waals surface area contributed by atoms with Crippen molar-refractivity contribution in [3.05, 3.63) is 65.7 Å². The van der Waals surface area contributed by atoms with Crippen molar-refractivity contribution < 1.29 is 13.2 Å². The SMILES string of the molecule is CCCCc1ccc(NC(=O)CS(=O)(=O)Cc2ccccc2)cc1. The highest BCUT2D eigenvalue weighted by Gasteiger charge is 2.17. The minimum atomic E-state index is -3.49. The van der Waals surface area contributed by atoms with Gasteiger partial charge >= 0.3 is 0 Å². The second-order valence-corrected chi connectivity index (χ2v) is 7.93. The number of hydrogen-bond acceptors (Lipinski definition) is 3. The molecule has 0 fully saturated rings. The maximum Gasteiger partial charge on any atom is 0.239 e. The first-order chi connectivity index (χ1) is 11.5. The lowest BCUT2D eigenvalue weighted by Gasteiger charge is -2.08. The van der Waals surface area contributed by atoms with Crippen molar-refractivity contribution in [1.29, 1.82) is 0 Å². The Morgan fingerprint density at radius 2 is 1.62 bits per heavy atom. The molecule has 0 unspecified atom stereocenters. The minimum absolute atomic E-state index is 0.128. The first kappa shape index (κ1) is 18.2. The molecule has 0 aliphatic rings. The highest BCUT2D eigenvalue weighted by Crippen LogP contribution is 2.12. The molecule has 1 amide bonds. The van der Waals surface area contributed by atoms with Crippen LogP contribution in [0.1, 0.15) is 30.9 Å². The molecule has 0 aliphatic carbocycles. The van der Waals surface area contributed by atoms with Crippen LogP contribution < -0.4 is 5.32 Å². The van der Waals surface area contributed by atoms with Crippen molar-refractivity contribution in [2.75, 3.05) is 11.1 Å². The third kappa shape index (κ3) is 6.16. The van der Waals surface area contributed by atoms with Crippen molar-refractivity contribution in [1.82, 2.24) is 0 Å². The number of nitrogens with one attached hydrogen (secondary N) is 1. The molecule has 0 saturated heterocycles. The van der Waals surface area contributed by atoms with E-state index in [-0.39, 0.29) is 5.75 Å². The number of amides is 1. The number of unbranched alkanes of at least 4 members (excludes halogenated alkanes) is 1. The molecule has 128 valence electrons. The number of rotatable bonds is 8. The van der Waals surface area contributed by atoms with E-state index >= 15 is 0 Å². The maximum atomic E-state index is 12.1. The van der Waals surface area contributed by atoms with Gasteiger partial charge in [0.2, 0.25) is 5.91 Å². The summed E-state index contributed by atoms with van der Waals surface area (Å²) in [5, 5.41) is 2.65. The van der Waals surface area contributed by atoms with Crippen LogP contribution in [0.4, 0.5) is 5.69 Å². The molecule has 0 aromatic heterocycles. The van der Waals surface area contributed by atoms with Crippen LogP contribution in [0.2, 0.25) is 0 Å². The van der Waals surface area contributed by atoms with E-state index in [1.807, 2.05) is 30.3 Å². The molecule has 1 N–H and O–H groups in total. The van der Waals surface area contributed by atoms with Gasteiger partial charge in [0.05, 0.1) is 5.75 Å². The minimum Gasteiger partial charge on any atom is -0.325 e. The zero-order valence-corrected chi connectivity index (χ0v) is 14.7. The van der Waals surface area contributed by atoms with Crippen LogP contribution in [-0.4, -0.2) is 20.1 Å². The summed E-state index contributed by atoms with van der Waals surface area (Å²) in [6.45, 7) is 2.14. The van der Waals surface area contributed by atoms with E-state index in [4.69, 9.17) is 0 Å². The van der Waals surface area contributed by atoms with E-state index < -0.39 is 21.5 Å². The summed E-state index contributed by atoms with van der Waals surface area (Å²) < 4.78 is 24.2. The van der Waals surface area contributed by atoms with E-state index in [0.29, 0.717) is 11.3 Å². The summed E-state index contributed by atoms with van der Waals surface area (Å²) in [6, 6.07) is 16.4. The topological polar surface area (TPSA) is 63.2 Å². The molecular weight excluding hydrogens is 322 g/mol. The molecule has 0 atom stereocenters. The van der Waals surface area contributed by atoms with Gasteiger partial charge in [-0.05, 0) is 36.1 Å². The average Bonchev–Trinajstić information content (AvgIpc) is 2.54. The van der Waals surface area contributed by atoms with Gasteiger partial charge in [-0.25, -0.2) is 8.42 Å². The highest BCUT2D eigenvalue weighted by atomic mass is 32.2. The molecule has 0 heterocycles. The number of anilines is 1. The van der Waals surface area contributed by atoms with Crippen LogP contribution >= 0.6 is 0 Å². The van der Waals surface area contributed by atoms with Gasteiger partial charge in [0.25, 0.3) is 0 Å². The Labute approximate surface area is 143 Å². The third-order valence-electron chi connectivity index (χ3n) is 3.64. The van der Waals surface area contributed by atoms with Crippen molar-refractivity contribution in [3.63, 3.8) is 0 Å². The fourth-order valence-electron chi connectivity index (χ4n) is 2.41. The Bertz CT molecular complexity index is 753. The summed E-state index contributed by atoms with van der Waals surface area (Å²) in [6.07, 6.45) is 3.28. The number of aryl methyl sites for hydroxylation is 1. The summed E-state index contributed by atoms with van der Waals surface area (Å²) in [4.78, 5) is 12.0. The number of sulfone groups is 1. The summed E-state index contributed by atoms with van der Waals surface area (Å²) in [5.41, 5.74) is 2.52. The highest BCUT2D eigenvalue weighted by molar-refractivity contribution is 7.91. The van der Waals surface area contributed by atoms with Crippen LogP contribution in [-0.2, 0) is 26.8 Å². The van der Waals surface area contributed by atoms with Gasteiger partial charge in [0.1, 0.15) is 5.75 Å². The molecule has 0 saturated carbocycles. The quantitative estimate of drug-likeness (QED) is 0.795. The summed E-state index contributed by atoms with van der Waals surface area (Å²) in [5.74, 6) is -1.15. The van der Waals surface area contributed by atoms with Gasteiger partial charge in [0.15, 0.2) is 9.84 Å². The standard InChI is InChI=1S/C19H23NO3S/c1-2-3-7-16-10-12-18(13-11-16)20-19(21)15-24(22,23)14-17-8-5-4-6-9-17/h4-6,8-13H,2-3,7,14-15H2,1H3,(H,20,21). The van der Waals surface area contributed by atoms with Crippen LogP contribution in [0.3, 0.4) is 0 Å². The number of carbonyl (C=O) groups excluding carboxylic acids is 1. The zero-order valence-electron chi connectivity index (χ0n) is 13.9. The monoisotopic (exact) mass is 345 g/mol. The number of carbonyl (C=O) groups is 1. The van der Waals surface area contributed by atoms with E-state index in [2.05, 4.69) is 12.2 Å². The van der Waals surface area contributed by atoms with Crippen molar-refractivity contribution in [2.24, 2.45) is 0 Å². The Morgan fingerprint density at radius 1 is 0.958 bits per heavy atom. The van der Waals surface area contributed by atoms with E-state index in [1.165, 1.54) is 5.56 Å². The van der Waals surface area contributed by atoms with E-state index in [9.17, 15) is 13.2 Å². The Balaban J connectivity index is 1.90. The van der Waals surface area contributed by atoms with Crippen LogP contribution in [0, 0.1) is 0 Å². The molecule has 0 bridgehead atoms. The third-order valence-corrected chi connectivity index (χ3v) is 5.11. The van der Waals surface area contributed by atoms with Gasteiger partial charge in [-0.2, -0.15) is 0 Å².